The summed E-state index contributed by atoms with van der Waals surface area (Å²) in [7, 11) is 1.12. The lowest BCUT2D eigenvalue weighted by molar-refractivity contribution is -0.138. The molecule has 2 aromatic rings. The van der Waals surface area contributed by atoms with Crippen LogP contribution in [0.3, 0.4) is 0 Å². The minimum Gasteiger partial charge on any atom is -0.495 e. The number of alkyl halides is 3. The van der Waals surface area contributed by atoms with E-state index in [0.29, 0.717) is 5.75 Å². The van der Waals surface area contributed by atoms with Crippen molar-refractivity contribution >= 4 is 34.7 Å². The van der Waals surface area contributed by atoms with Crippen molar-refractivity contribution < 1.29 is 17.9 Å². The molecule has 0 fully saturated rings. The summed E-state index contributed by atoms with van der Waals surface area (Å²) in [4.78, 5) is 0. The van der Waals surface area contributed by atoms with Crippen molar-refractivity contribution in [3.05, 3.63) is 64.2 Å². The molecule has 0 saturated carbocycles. The number of nitrogens with zero attached hydrogens (tertiary/aromatic N) is 2. The Kier molecular flexibility index (Phi) is 6.93. The highest BCUT2D eigenvalue weighted by molar-refractivity contribution is 8.13. The van der Waals surface area contributed by atoms with Crippen LogP contribution in [0.4, 0.5) is 13.2 Å². The number of hydrogen-bond acceptors (Lipinski definition) is 4. The molecule has 4 nitrogen and oxygen atoms in total. The fraction of sp³-hybridized carbons (Fsp3) is 0.176. The van der Waals surface area contributed by atoms with Crippen LogP contribution in [0.1, 0.15) is 16.7 Å². The van der Waals surface area contributed by atoms with Crippen molar-refractivity contribution in [1.82, 2.24) is 0 Å². The minimum atomic E-state index is -4.60. The van der Waals surface area contributed by atoms with Crippen LogP contribution in [0.25, 0.3) is 0 Å². The van der Waals surface area contributed by atoms with Crippen LogP contribution in [-0.4, -0.2) is 18.5 Å². The largest absolute Gasteiger partial charge is 0.495 e. The standard InChI is InChI=1S/C17H15ClF3N3OS/c1-25-15-13(17(19,20)21)7-12(8-14(15)18)9-23-24-16(22)26-10-11-5-3-2-4-6-11/h2-9H,10H2,1H3,(H2,22,24). The maximum absolute atomic E-state index is 13.1. The predicted octanol–water partition coefficient (Wildman–Crippen LogP) is 4.95. The van der Waals surface area contributed by atoms with Crippen molar-refractivity contribution in [3.63, 3.8) is 0 Å². The van der Waals surface area contributed by atoms with Gasteiger partial charge < -0.3 is 10.5 Å². The van der Waals surface area contributed by atoms with Gasteiger partial charge >= 0.3 is 6.18 Å². The number of halogens is 4. The molecular formula is C17H15ClF3N3OS. The summed E-state index contributed by atoms with van der Waals surface area (Å²) in [5.41, 5.74) is 5.95. The molecule has 2 rings (SSSR count). The van der Waals surface area contributed by atoms with Crippen LogP contribution in [0.15, 0.2) is 52.7 Å². The molecule has 0 heterocycles. The summed E-state index contributed by atoms with van der Waals surface area (Å²) < 4.78 is 43.9. The van der Waals surface area contributed by atoms with Crippen LogP contribution >= 0.6 is 23.4 Å². The van der Waals surface area contributed by atoms with E-state index in [4.69, 9.17) is 22.1 Å². The second-order valence-corrected chi connectivity index (χ2v) is 6.44. The van der Waals surface area contributed by atoms with Gasteiger partial charge in [0.05, 0.1) is 23.9 Å². The minimum absolute atomic E-state index is 0.132. The first-order chi connectivity index (χ1) is 12.3. The van der Waals surface area contributed by atoms with Gasteiger partial charge in [-0.1, -0.05) is 53.7 Å². The van der Waals surface area contributed by atoms with Crippen LogP contribution in [-0.2, 0) is 11.9 Å². The molecule has 0 spiro atoms. The normalized spacial score (nSPS) is 12.6. The SMILES string of the molecule is COc1c(Cl)cc(C=NN=C(N)SCc2ccccc2)cc1C(F)(F)F. The molecule has 0 amide bonds. The lowest BCUT2D eigenvalue weighted by Gasteiger charge is -2.13. The number of methoxy groups -OCH3 is 1. The monoisotopic (exact) mass is 401 g/mol. The average Bonchev–Trinajstić information content (AvgIpc) is 2.59. The predicted molar refractivity (Wildman–Crippen MR) is 100.0 cm³/mol. The van der Waals surface area contributed by atoms with Crippen LogP contribution in [0, 0.1) is 0 Å². The Morgan fingerprint density at radius 2 is 1.96 bits per heavy atom. The van der Waals surface area contributed by atoms with Gasteiger partial charge in [-0.15, -0.1) is 5.10 Å². The summed E-state index contributed by atoms with van der Waals surface area (Å²) >= 11 is 7.12. The Hall–Kier alpha value is -2.19. The van der Waals surface area contributed by atoms with E-state index in [1.807, 2.05) is 30.3 Å². The molecule has 0 aliphatic rings. The lowest BCUT2D eigenvalue weighted by Crippen LogP contribution is -2.09. The van der Waals surface area contributed by atoms with Gasteiger partial charge in [-0.05, 0) is 23.3 Å². The number of amidine groups is 1. The molecular weight excluding hydrogens is 387 g/mol. The zero-order valence-electron chi connectivity index (χ0n) is 13.6. The van der Waals surface area contributed by atoms with E-state index in [1.165, 1.54) is 17.8 Å². The number of benzene rings is 2. The molecule has 9 heteroatoms. The maximum atomic E-state index is 13.1. The first-order valence-electron chi connectivity index (χ1n) is 7.29. The topological polar surface area (TPSA) is 60.0 Å². The fourth-order valence-electron chi connectivity index (χ4n) is 2.02. The number of rotatable bonds is 5. The van der Waals surface area contributed by atoms with E-state index < -0.39 is 17.5 Å². The number of hydrogen-bond donors (Lipinski definition) is 1. The number of thioether (sulfide) groups is 1. The molecule has 2 aromatic carbocycles. The molecule has 0 bridgehead atoms. The fourth-order valence-corrected chi connectivity index (χ4v) is 2.94. The van der Waals surface area contributed by atoms with E-state index in [1.54, 1.807) is 0 Å². The van der Waals surface area contributed by atoms with E-state index in [2.05, 4.69) is 10.2 Å². The molecule has 0 unspecified atom stereocenters. The summed E-state index contributed by atoms with van der Waals surface area (Å²) in [5, 5.41) is 7.52. The summed E-state index contributed by atoms with van der Waals surface area (Å²) in [6.45, 7) is 0. The zero-order chi connectivity index (χ0) is 19.2. The Morgan fingerprint density at radius 3 is 2.58 bits per heavy atom. The smallest absolute Gasteiger partial charge is 0.420 e. The van der Waals surface area contributed by atoms with Crippen molar-refractivity contribution in [2.24, 2.45) is 15.9 Å². The highest BCUT2D eigenvalue weighted by Gasteiger charge is 2.35. The van der Waals surface area contributed by atoms with Gasteiger partial charge in [-0.3, -0.25) is 0 Å². The molecule has 26 heavy (non-hydrogen) atoms. The summed E-state index contributed by atoms with van der Waals surface area (Å²) in [6.07, 6.45) is -3.46. The van der Waals surface area contributed by atoms with Gasteiger partial charge in [-0.25, -0.2) is 0 Å². The van der Waals surface area contributed by atoms with Gasteiger partial charge in [0.15, 0.2) is 5.17 Å². The van der Waals surface area contributed by atoms with Gasteiger partial charge in [0.2, 0.25) is 0 Å². The molecule has 0 aromatic heterocycles. The Balaban J connectivity index is 2.10. The average molecular weight is 402 g/mol. The third-order valence-corrected chi connectivity index (χ3v) is 4.30. The molecule has 138 valence electrons. The highest BCUT2D eigenvalue weighted by atomic mass is 35.5. The quantitative estimate of drug-likeness (QED) is 0.438. The first kappa shape index (κ1) is 20.1. The summed E-state index contributed by atoms with van der Waals surface area (Å²) in [5.74, 6) is 0.177. The van der Waals surface area contributed by atoms with E-state index >= 15 is 0 Å². The molecule has 0 aliphatic heterocycles. The van der Waals surface area contributed by atoms with E-state index in [9.17, 15) is 13.2 Å². The second-order valence-electron chi connectivity index (χ2n) is 5.04. The molecule has 0 saturated heterocycles. The number of ether oxygens (including phenoxy) is 1. The van der Waals surface area contributed by atoms with Crippen molar-refractivity contribution in [1.29, 1.82) is 0 Å². The first-order valence-corrected chi connectivity index (χ1v) is 8.65. The van der Waals surface area contributed by atoms with Crippen LogP contribution in [0.5, 0.6) is 5.75 Å². The van der Waals surface area contributed by atoms with Gasteiger partial charge in [0.1, 0.15) is 5.75 Å². The van der Waals surface area contributed by atoms with Gasteiger partial charge in [0.25, 0.3) is 0 Å². The molecule has 0 radical (unpaired) electrons. The van der Waals surface area contributed by atoms with E-state index in [-0.39, 0.29) is 15.8 Å². The van der Waals surface area contributed by atoms with E-state index in [0.717, 1.165) is 25.0 Å². The zero-order valence-corrected chi connectivity index (χ0v) is 15.2. The lowest BCUT2D eigenvalue weighted by atomic mass is 10.1. The second kappa shape index (κ2) is 8.95. The Bertz CT molecular complexity index is 811. The van der Waals surface area contributed by atoms with Crippen LogP contribution in [0.2, 0.25) is 5.02 Å². The Labute approximate surface area is 157 Å². The van der Waals surface area contributed by atoms with Crippen LogP contribution < -0.4 is 10.5 Å². The Morgan fingerprint density at radius 1 is 1.27 bits per heavy atom. The molecule has 0 aliphatic carbocycles. The van der Waals surface area contributed by atoms with Crippen molar-refractivity contribution in [3.8, 4) is 5.75 Å². The maximum Gasteiger partial charge on any atom is 0.420 e. The third-order valence-electron chi connectivity index (χ3n) is 3.17. The number of nitrogens with two attached hydrogens (primary N) is 1. The van der Waals surface area contributed by atoms with Crippen molar-refractivity contribution in [2.45, 2.75) is 11.9 Å². The summed E-state index contributed by atoms with van der Waals surface area (Å²) in [6, 6.07) is 11.8. The third kappa shape index (κ3) is 5.67. The van der Waals surface area contributed by atoms with Gasteiger partial charge in [0, 0.05) is 5.75 Å². The van der Waals surface area contributed by atoms with Gasteiger partial charge in [-0.2, -0.15) is 18.3 Å². The molecule has 0 atom stereocenters. The highest BCUT2D eigenvalue weighted by Crippen LogP contribution is 2.40. The molecule has 2 N–H and O–H groups in total. The van der Waals surface area contributed by atoms with Crippen molar-refractivity contribution in [2.75, 3.05) is 7.11 Å².